The Bertz CT molecular complexity index is 619. The first-order valence-corrected chi connectivity index (χ1v) is 6.65. The van der Waals surface area contributed by atoms with Crippen LogP contribution in [0.2, 0.25) is 5.02 Å². The number of aliphatic carboxylic acids is 1. The standard InChI is InChI=1S/C13H13ClN2O5/c1-7-5-15(6-9(7)13(18)19)12(17)8-2-3-10(14)11(4-8)16(20)21/h2-4,7,9H,5-6H2,1H3,(H,18,19)/t7-,9-/m1/s1. The fourth-order valence-electron chi connectivity index (χ4n) is 2.42. The number of nitrogens with zero attached hydrogens (tertiary/aromatic N) is 2. The van der Waals surface area contributed by atoms with Crippen LogP contribution >= 0.6 is 11.6 Å². The summed E-state index contributed by atoms with van der Waals surface area (Å²) in [4.78, 5) is 34.9. The molecule has 1 N–H and O–H groups in total. The second-order valence-electron chi connectivity index (χ2n) is 5.06. The van der Waals surface area contributed by atoms with E-state index < -0.39 is 22.7 Å². The van der Waals surface area contributed by atoms with Crippen molar-refractivity contribution in [3.8, 4) is 0 Å². The van der Waals surface area contributed by atoms with Gasteiger partial charge in [-0.3, -0.25) is 19.7 Å². The number of halogens is 1. The Hall–Kier alpha value is -2.15. The molecule has 0 aromatic heterocycles. The second-order valence-corrected chi connectivity index (χ2v) is 5.46. The van der Waals surface area contributed by atoms with E-state index >= 15 is 0 Å². The van der Waals surface area contributed by atoms with Gasteiger partial charge in [0.05, 0.1) is 10.8 Å². The number of carboxylic acids is 1. The summed E-state index contributed by atoms with van der Waals surface area (Å²) in [5.41, 5.74) is -0.214. The van der Waals surface area contributed by atoms with Crippen molar-refractivity contribution in [3.05, 3.63) is 38.9 Å². The number of carbonyl (C=O) groups excluding carboxylic acids is 1. The molecular formula is C13H13ClN2O5. The molecule has 1 aliphatic rings. The monoisotopic (exact) mass is 312 g/mol. The number of hydrogen-bond acceptors (Lipinski definition) is 4. The summed E-state index contributed by atoms with van der Waals surface area (Å²) < 4.78 is 0. The first kappa shape index (κ1) is 15.2. The molecule has 1 aromatic rings. The molecule has 0 unspecified atom stereocenters. The van der Waals surface area contributed by atoms with E-state index in [-0.39, 0.29) is 28.7 Å². The van der Waals surface area contributed by atoms with Crippen LogP contribution in [0.3, 0.4) is 0 Å². The highest BCUT2D eigenvalue weighted by atomic mass is 35.5. The van der Waals surface area contributed by atoms with Crippen molar-refractivity contribution in [2.45, 2.75) is 6.92 Å². The lowest BCUT2D eigenvalue weighted by atomic mass is 9.99. The Kier molecular flexibility index (Phi) is 4.13. The largest absolute Gasteiger partial charge is 0.481 e. The molecular weight excluding hydrogens is 300 g/mol. The molecule has 0 aliphatic carbocycles. The van der Waals surface area contributed by atoms with Crippen LogP contribution in [0.1, 0.15) is 17.3 Å². The van der Waals surface area contributed by atoms with E-state index in [1.165, 1.54) is 17.0 Å². The number of hydrogen-bond donors (Lipinski definition) is 1. The normalized spacial score (nSPS) is 21.3. The molecule has 8 heteroatoms. The summed E-state index contributed by atoms with van der Waals surface area (Å²) in [6, 6.07) is 3.81. The van der Waals surface area contributed by atoms with E-state index in [0.29, 0.717) is 6.54 Å². The van der Waals surface area contributed by atoms with E-state index in [2.05, 4.69) is 0 Å². The average molecular weight is 313 g/mol. The predicted molar refractivity (Wildman–Crippen MR) is 74.3 cm³/mol. The molecule has 1 aliphatic heterocycles. The van der Waals surface area contributed by atoms with Gasteiger partial charge in [0.25, 0.3) is 11.6 Å². The zero-order chi connectivity index (χ0) is 15.7. The van der Waals surface area contributed by atoms with E-state index in [9.17, 15) is 19.7 Å². The summed E-state index contributed by atoms with van der Waals surface area (Å²) in [5, 5.41) is 19.8. The van der Waals surface area contributed by atoms with Crippen molar-refractivity contribution in [3.63, 3.8) is 0 Å². The SMILES string of the molecule is C[C@@H]1CN(C(=O)c2ccc(Cl)c([N+](=O)[O-])c2)C[C@H]1C(=O)O. The van der Waals surface area contributed by atoms with Crippen molar-refractivity contribution in [1.82, 2.24) is 4.90 Å². The molecule has 21 heavy (non-hydrogen) atoms. The van der Waals surface area contributed by atoms with Crippen LogP contribution in [-0.2, 0) is 4.79 Å². The van der Waals surface area contributed by atoms with Crippen molar-refractivity contribution in [2.24, 2.45) is 11.8 Å². The summed E-state index contributed by atoms with van der Waals surface area (Å²) in [5.74, 6) is -2.14. The van der Waals surface area contributed by atoms with Gasteiger partial charge in [-0.25, -0.2) is 0 Å². The fraction of sp³-hybridized carbons (Fsp3) is 0.385. The first-order chi connectivity index (χ1) is 9.81. The van der Waals surface area contributed by atoms with Crippen LogP contribution in [0.15, 0.2) is 18.2 Å². The lowest BCUT2D eigenvalue weighted by Gasteiger charge is -2.15. The molecule has 1 fully saturated rings. The maximum absolute atomic E-state index is 12.3. The average Bonchev–Trinajstić information content (AvgIpc) is 2.80. The minimum Gasteiger partial charge on any atom is -0.481 e. The minimum absolute atomic E-state index is 0.0465. The summed E-state index contributed by atoms with van der Waals surface area (Å²) in [7, 11) is 0. The summed E-state index contributed by atoms with van der Waals surface area (Å²) in [6.07, 6.45) is 0. The first-order valence-electron chi connectivity index (χ1n) is 6.27. The van der Waals surface area contributed by atoms with Gasteiger partial charge in [-0.05, 0) is 18.1 Å². The molecule has 1 aromatic carbocycles. The number of nitro benzene ring substituents is 1. The van der Waals surface area contributed by atoms with Crippen molar-refractivity contribution in [1.29, 1.82) is 0 Å². The highest BCUT2D eigenvalue weighted by Crippen LogP contribution is 2.28. The maximum Gasteiger partial charge on any atom is 0.308 e. The van der Waals surface area contributed by atoms with Crippen LogP contribution < -0.4 is 0 Å². The lowest BCUT2D eigenvalue weighted by molar-refractivity contribution is -0.384. The quantitative estimate of drug-likeness (QED) is 0.680. The number of amides is 1. The van der Waals surface area contributed by atoms with Gasteiger partial charge in [0, 0.05) is 24.7 Å². The molecule has 0 spiro atoms. The number of benzene rings is 1. The smallest absolute Gasteiger partial charge is 0.308 e. The van der Waals surface area contributed by atoms with E-state index in [1.807, 2.05) is 0 Å². The number of rotatable bonds is 3. The predicted octanol–water partition coefficient (Wildman–Crippen LogP) is 2.04. The molecule has 1 saturated heterocycles. The van der Waals surface area contributed by atoms with Gasteiger partial charge in [0.1, 0.15) is 5.02 Å². The Morgan fingerprint density at radius 3 is 2.62 bits per heavy atom. The Morgan fingerprint density at radius 1 is 1.43 bits per heavy atom. The van der Waals surface area contributed by atoms with Crippen molar-refractivity contribution in [2.75, 3.05) is 13.1 Å². The lowest BCUT2D eigenvalue weighted by Crippen LogP contribution is -2.29. The third kappa shape index (κ3) is 2.97. The molecule has 2 atom stereocenters. The van der Waals surface area contributed by atoms with Crippen LogP contribution in [0, 0.1) is 22.0 Å². The van der Waals surface area contributed by atoms with Gasteiger partial charge >= 0.3 is 5.97 Å². The number of likely N-dealkylation sites (tertiary alicyclic amines) is 1. The summed E-state index contributed by atoms with van der Waals surface area (Å²) >= 11 is 5.70. The number of carboxylic acid groups (broad SMARTS) is 1. The van der Waals surface area contributed by atoms with Crippen molar-refractivity contribution < 1.29 is 19.6 Å². The zero-order valence-electron chi connectivity index (χ0n) is 11.2. The van der Waals surface area contributed by atoms with Crippen LogP contribution in [-0.4, -0.2) is 39.9 Å². The number of nitro groups is 1. The molecule has 0 radical (unpaired) electrons. The minimum atomic E-state index is -0.945. The second kappa shape index (κ2) is 5.69. The van der Waals surface area contributed by atoms with Gasteiger partial charge in [0.15, 0.2) is 0 Å². The van der Waals surface area contributed by atoms with E-state index in [4.69, 9.17) is 16.7 Å². The topological polar surface area (TPSA) is 101 Å². The third-order valence-corrected chi connectivity index (χ3v) is 3.93. The van der Waals surface area contributed by atoms with Gasteiger partial charge in [-0.1, -0.05) is 18.5 Å². The van der Waals surface area contributed by atoms with Crippen LogP contribution in [0.5, 0.6) is 0 Å². The molecule has 0 saturated carbocycles. The summed E-state index contributed by atoms with van der Waals surface area (Å²) in [6.45, 7) is 2.17. The highest BCUT2D eigenvalue weighted by Gasteiger charge is 2.37. The number of carbonyl (C=O) groups is 2. The molecule has 1 heterocycles. The van der Waals surface area contributed by atoms with Gasteiger partial charge < -0.3 is 10.0 Å². The van der Waals surface area contributed by atoms with Gasteiger partial charge in [0.2, 0.25) is 0 Å². The maximum atomic E-state index is 12.3. The van der Waals surface area contributed by atoms with Crippen LogP contribution in [0.4, 0.5) is 5.69 Å². The Labute approximate surface area is 125 Å². The van der Waals surface area contributed by atoms with Gasteiger partial charge in [-0.2, -0.15) is 0 Å². The van der Waals surface area contributed by atoms with Crippen LogP contribution in [0.25, 0.3) is 0 Å². The third-order valence-electron chi connectivity index (χ3n) is 3.61. The molecule has 2 rings (SSSR count). The fourth-order valence-corrected chi connectivity index (χ4v) is 2.61. The van der Waals surface area contributed by atoms with Crippen molar-refractivity contribution >= 4 is 29.2 Å². The van der Waals surface area contributed by atoms with E-state index in [1.54, 1.807) is 6.92 Å². The molecule has 112 valence electrons. The molecule has 1 amide bonds. The Morgan fingerprint density at radius 2 is 2.10 bits per heavy atom. The van der Waals surface area contributed by atoms with Gasteiger partial charge in [-0.15, -0.1) is 0 Å². The molecule has 0 bridgehead atoms. The zero-order valence-corrected chi connectivity index (χ0v) is 11.9. The molecule has 7 nitrogen and oxygen atoms in total. The van der Waals surface area contributed by atoms with E-state index in [0.717, 1.165) is 6.07 Å². The highest BCUT2D eigenvalue weighted by molar-refractivity contribution is 6.32. The Balaban J connectivity index is 2.24.